The molecule has 56 valence electrons. The summed E-state index contributed by atoms with van der Waals surface area (Å²) in [6, 6.07) is 0.777. The van der Waals surface area contributed by atoms with Crippen molar-refractivity contribution in [3.8, 4) is 0 Å². The van der Waals surface area contributed by atoms with Crippen LogP contribution < -0.4 is 0 Å². The maximum Gasteiger partial charge on any atom is 0.0653 e. The maximum absolute atomic E-state index is 5.49. The molecule has 0 bridgehead atoms. The second kappa shape index (κ2) is 4.02. The molecule has 2 radical (unpaired) electrons. The molecular weight excluding hydrogens is 121 g/mol. The molecule has 0 aromatic rings. The van der Waals surface area contributed by atoms with Gasteiger partial charge in [0.2, 0.25) is 0 Å². The predicted octanol–water partition coefficient (Wildman–Crippen LogP) is 1.45. The summed E-state index contributed by atoms with van der Waals surface area (Å²) in [5.41, 5.74) is 0. The van der Waals surface area contributed by atoms with Crippen molar-refractivity contribution in [2.45, 2.75) is 38.0 Å². The van der Waals surface area contributed by atoms with Crippen LogP contribution in [-0.2, 0) is 0 Å². The lowest BCUT2D eigenvalue weighted by Gasteiger charge is -2.32. The van der Waals surface area contributed by atoms with E-state index in [-0.39, 0.29) is 0 Å². The fourth-order valence-electron chi connectivity index (χ4n) is 1.70. The van der Waals surface area contributed by atoms with Crippen molar-refractivity contribution in [3.63, 3.8) is 0 Å². The van der Waals surface area contributed by atoms with Crippen molar-refractivity contribution in [1.82, 2.24) is 4.90 Å². The number of likely N-dealkylation sites (tertiary alicyclic amines) is 1. The Morgan fingerprint density at radius 3 is 2.90 bits per heavy atom. The van der Waals surface area contributed by atoms with Gasteiger partial charge in [-0.2, -0.15) is 0 Å². The van der Waals surface area contributed by atoms with Crippen LogP contribution in [0.2, 0.25) is 6.32 Å². The van der Waals surface area contributed by atoms with Crippen molar-refractivity contribution in [1.29, 1.82) is 0 Å². The molecule has 0 amide bonds. The Bertz CT molecular complexity index is 93.3. The zero-order chi connectivity index (χ0) is 7.40. The van der Waals surface area contributed by atoms with Crippen LogP contribution in [0.4, 0.5) is 0 Å². The molecule has 1 atom stereocenters. The summed E-state index contributed by atoms with van der Waals surface area (Å²) in [6.45, 7) is 1.27. The second-order valence-corrected chi connectivity index (χ2v) is 3.21. The van der Waals surface area contributed by atoms with Crippen molar-refractivity contribution in [3.05, 3.63) is 0 Å². The number of nitrogens with zero attached hydrogens (tertiary/aromatic N) is 1. The third kappa shape index (κ3) is 2.01. The summed E-state index contributed by atoms with van der Waals surface area (Å²) in [5, 5.41) is 0. The van der Waals surface area contributed by atoms with Crippen molar-refractivity contribution >= 4 is 7.85 Å². The van der Waals surface area contributed by atoms with Crippen molar-refractivity contribution in [2.24, 2.45) is 0 Å². The standard InChI is InChI=1S/C8H16BN/c1-10-7-3-2-4-8(10)5-6-9/h8H,2-7H2,1H3. The summed E-state index contributed by atoms with van der Waals surface area (Å²) in [6.07, 6.45) is 6.14. The van der Waals surface area contributed by atoms with Crippen molar-refractivity contribution < 1.29 is 0 Å². The fourth-order valence-corrected chi connectivity index (χ4v) is 1.70. The molecule has 0 aromatic heterocycles. The van der Waals surface area contributed by atoms with E-state index in [0.29, 0.717) is 0 Å². The highest BCUT2D eigenvalue weighted by Gasteiger charge is 2.16. The van der Waals surface area contributed by atoms with E-state index in [1.807, 2.05) is 0 Å². The number of rotatable bonds is 2. The number of piperidine rings is 1. The van der Waals surface area contributed by atoms with Crippen LogP contribution in [0.5, 0.6) is 0 Å². The van der Waals surface area contributed by atoms with Gasteiger partial charge in [-0.05, 0) is 32.9 Å². The first-order chi connectivity index (χ1) is 4.84. The van der Waals surface area contributed by atoms with E-state index in [2.05, 4.69) is 11.9 Å². The van der Waals surface area contributed by atoms with Gasteiger partial charge in [0, 0.05) is 6.04 Å². The summed E-state index contributed by atoms with van der Waals surface area (Å²) in [4.78, 5) is 2.44. The number of hydrogen-bond donors (Lipinski definition) is 0. The lowest BCUT2D eigenvalue weighted by atomic mass is 9.92. The van der Waals surface area contributed by atoms with Crippen LogP contribution >= 0.6 is 0 Å². The largest absolute Gasteiger partial charge is 0.303 e. The van der Waals surface area contributed by atoms with Gasteiger partial charge >= 0.3 is 0 Å². The van der Waals surface area contributed by atoms with Crippen LogP contribution in [0.25, 0.3) is 0 Å². The first-order valence-electron chi connectivity index (χ1n) is 4.25. The fraction of sp³-hybridized carbons (Fsp3) is 1.00. The molecule has 1 aliphatic rings. The minimum absolute atomic E-state index is 0.777. The van der Waals surface area contributed by atoms with Gasteiger partial charge in [-0.25, -0.2) is 0 Å². The lowest BCUT2D eigenvalue weighted by Crippen LogP contribution is -2.35. The summed E-state index contributed by atoms with van der Waals surface area (Å²) >= 11 is 0. The monoisotopic (exact) mass is 137 g/mol. The molecule has 1 fully saturated rings. The predicted molar refractivity (Wildman–Crippen MR) is 45.4 cm³/mol. The zero-order valence-electron chi connectivity index (χ0n) is 6.84. The Labute approximate surface area is 65.2 Å². The van der Waals surface area contributed by atoms with Gasteiger partial charge in [0.1, 0.15) is 0 Å². The molecule has 0 aromatic carbocycles. The summed E-state index contributed by atoms with van der Waals surface area (Å²) < 4.78 is 0. The van der Waals surface area contributed by atoms with Gasteiger partial charge in [-0.15, -0.1) is 0 Å². The van der Waals surface area contributed by atoms with E-state index >= 15 is 0 Å². The zero-order valence-corrected chi connectivity index (χ0v) is 6.84. The molecule has 1 rings (SSSR count). The van der Waals surface area contributed by atoms with Gasteiger partial charge in [-0.3, -0.25) is 0 Å². The van der Waals surface area contributed by atoms with Crippen LogP contribution in [0.15, 0.2) is 0 Å². The van der Waals surface area contributed by atoms with E-state index in [4.69, 9.17) is 7.85 Å². The van der Waals surface area contributed by atoms with Gasteiger partial charge in [-0.1, -0.05) is 12.7 Å². The Morgan fingerprint density at radius 2 is 2.30 bits per heavy atom. The first-order valence-corrected chi connectivity index (χ1v) is 4.25. The molecule has 0 spiro atoms. The highest BCUT2D eigenvalue weighted by atomic mass is 15.1. The van der Waals surface area contributed by atoms with Crippen molar-refractivity contribution in [2.75, 3.05) is 13.6 Å². The smallest absolute Gasteiger partial charge is 0.0653 e. The Hall–Kier alpha value is 0.0249. The molecule has 1 unspecified atom stereocenters. The average molecular weight is 137 g/mol. The molecule has 0 N–H and O–H groups in total. The summed E-state index contributed by atoms with van der Waals surface area (Å²) in [7, 11) is 7.70. The molecule has 1 saturated heterocycles. The average Bonchev–Trinajstić information content (AvgIpc) is 1.94. The topological polar surface area (TPSA) is 3.24 Å². The normalized spacial score (nSPS) is 28.7. The Balaban J connectivity index is 2.25. The SMILES string of the molecule is [B]CCC1CCCCN1C. The highest BCUT2D eigenvalue weighted by Crippen LogP contribution is 2.18. The van der Waals surface area contributed by atoms with Gasteiger partial charge < -0.3 is 4.90 Å². The Kier molecular flexibility index (Phi) is 3.27. The number of hydrogen-bond acceptors (Lipinski definition) is 1. The van der Waals surface area contributed by atoms with E-state index in [1.54, 1.807) is 0 Å². The third-order valence-electron chi connectivity index (χ3n) is 2.42. The molecule has 1 aliphatic heterocycles. The van der Waals surface area contributed by atoms with Crippen LogP contribution in [0.3, 0.4) is 0 Å². The minimum Gasteiger partial charge on any atom is -0.303 e. The van der Waals surface area contributed by atoms with Crippen LogP contribution in [0, 0.1) is 0 Å². The lowest BCUT2D eigenvalue weighted by molar-refractivity contribution is 0.181. The van der Waals surface area contributed by atoms with E-state index in [0.717, 1.165) is 12.4 Å². The Morgan fingerprint density at radius 1 is 1.50 bits per heavy atom. The summed E-state index contributed by atoms with van der Waals surface area (Å²) in [5.74, 6) is 0. The van der Waals surface area contributed by atoms with Crippen LogP contribution in [0.1, 0.15) is 25.7 Å². The molecular formula is C8H16BN. The van der Waals surface area contributed by atoms with Gasteiger partial charge in [0.15, 0.2) is 0 Å². The van der Waals surface area contributed by atoms with E-state index < -0.39 is 0 Å². The van der Waals surface area contributed by atoms with Crippen LogP contribution in [-0.4, -0.2) is 32.4 Å². The quantitative estimate of drug-likeness (QED) is 0.520. The van der Waals surface area contributed by atoms with E-state index in [9.17, 15) is 0 Å². The van der Waals surface area contributed by atoms with E-state index in [1.165, 1.54) is 32.2 Å². The molecule has 2 heteroatoms. The molecule has 0 aliphatic carbocycles. The second-order valence-electron chi connectivity index (χ2n) is 3.21. The minimum atomic E-state index is 0.777. The van der Waals surface area contributed by atoms with Gasteiger partial charge in [0.25, 0.3) is 0 Å². The molecule has 10 heavy (non-hydrogen) atoms. The molecule has 1 nitrogen and oxygen atoms in total. The molecule has 1 heterocycles. The third-order valence-corrected chi connectivity index (χ3v) is 2.42. The molecule has 0 saturated carbocycles. The highest BCUT2D eigenvalue weighted by molar-refractivity contribution is 6.08. The maximum atomic E-state index is 5.49. The first kappa shape index (κ1) is 8.12. The van der Waals surface area contributed by atoms with Gasteiger partial charge in [0.05, 0.1) is 7.85 Å².